The van der Waals surface area contributed by atoms with Gasteiger partial charge in [-0.3, -0.25) is 4.68 Å². The molecule has 0 spiro atoms. The second-order valence-corrected chi connectivity index (χ2v) is 14.2. The van der Waals surface area contributed by atoms with E-state index in [1.165, 1.54) is 29.7 Å². The molecule has 2 atom stereocenters. The van der Waals surface area contributed by atoms with Crippen LogP contribution in [0.25, 0.3) is 33.3 Å². The summed E-state index contributed by atoms with van der Waals surface area (Å²) in [7, 11) is 0. The molecule has 3 heterocycles. The van der Waals surface area contributed by atoms with Crippen molar-refractivity contribution in [3.05, 3.63) is 119 Å². The van der Waals surface area contributed by atoms with Crippen molar-refractivity contribution < 1.29 is 25.8 Å². The summed E-state index contributed by atoms with van der Waals surface area (Å²) in [5.41, 5.74) is 9.34. The quantitative estimate of drug-likeness (QED) is 0.119. The van der Waals surface area contributed by atoms with E-state index in [4.69, 9.17) is 14.8 Å². The van der Waals surface area contributed by atoms with E-state index in [-0.39, 0.29) is 26.5 Å². The van der Waals surface area contributed by atoms with Gasteiger partial charge in [-0.25, -0.2) is 4.98 Å². The van der Waals surface area contributed by atoms with Gasteiger partial charge in [-0.15, -0.1) is 35.7 Å². The maximum absolute atomic E-state index is 6.48. The van der Waals surface area contributed by atoms with Crippen molar-refractivity contribution in [2.24, 2.45) is 5.92 Å². The van der Waals surface area contributed by atoms with Crippen LogP contribution in [0.3, 0.4) is 0 Å². The first kappa shape index (κ1) is 33.9. The SMILES string of the molecule is CCCC1=CCC[C@H](C)C1c1c(C)nn(-c2[c-]c(Oc3[c-]c4c(cc3)c3ccccc3n4-c3cc(C(C)(C)C)ccn3)ccc2)c1C.[Pt+2]. The fourth-order valence-corrected chi connectivity index (χ4v) is 7.46. The van der Waals surface area contributed by atoms with E-state index >= 15 is 0 Å². The van der Waals surface area contributed by atoms with Gasteiger partial charge in [-0.2, -0.15) is 17.2 Å². The molecule has 1 aliphatic rings. The molecule has 5 nitrogen and oxygen atoms in total. The summed E-state index contributed by atoms with van der Waals surface area (Å²) in [5.74, 6) is 3.14. The van der Waals surface area contributed by atoms with Gasteiger partial charge >= 0.3 is 21.1 Å². The third kappa shape index (κ3) is 6.18. The largest absolute Gasteiger partial charge is 2.00 e. The Balaban J connectivity index is 0.00000401. The van der Waals surface area contributed by atoms with Crippen LogP contribution < -0.4 is 4.74 Å². The van der Waals surface area contributed by atoms with Gasteiger partial charge in [0.25, 0.3) is 0 Å². The van der Waals surface area contributed by atoms with Crippen molar-refractivity contribution in [2.45, 2.75) is 85.5 Å². The Hall–Kier alpha value is -3.95. The number of benzene rings is 3. The van der Waals surface area contributed by atoms with Gasteiger partial charge in [-0.1, -0.05) is 76.4 Å². The predicted octanol–water partition coefficient (Wildman–Crippen LogP) is 10.9. The van der Waals surface area contributed by atoms with Crippen LogP contribution >= 0.6 is 0 Å². The molecule has 0 saturated heterocycles. The molecule has 1 aliphatic carbocycles. The van der Waals surface area contributed by atoms with Gasteiger partial charge in [0.05, 0.1) is 5.69 Å². The van der Waals surface area contributed by atoms with Gasteiger partial charge in [0.1, 0.15) is 5.82 Å². The van der Waals surface area contributed by atoms with Crippen molar-refractivity contribution >= 4 is 21.8 Å². The number of nitrogens with zero attached hydrogens (tertiary/aromatic N) is 4. The van der Waals surface area contributed by atoms with Gasteiger partial charge in [0, 0.05) is 40.4 Å². The molecule has 0 radical (unpaired) electrons. The smallest absolute Gasteiger partial charge is 0.509 e. The first-order chi connectivity index (χ1) is 22.6. The standard InChI is InChI=1S/C42H44N4O.Pt/c1-8-13-30-15-11-14-27(2)40(30)41-28(3)44-46(29(41)4)32-16-12-17-33(25-32)47-34-20-21-36-35-18-9-10-19-37(35)45(38(36)26-34)39-24-31(22-23-43-39)42(5,6)7;/h9-10,12,15-24,27,40H,8,11,13-14H2,1-7H3;/q-2;+2/t27-,40?;/m0./s1. The number of hydrogen-bond donors (Lipinski definition) is 0. The molecule has 3 aromatic carbocycles. The molecule has 1 unspecified atom stereocenters. The summed E-state index contributed by atoms with van der Waals surface area (Å²) in [6.07, 6.45) is 9.09. The second-order valence-electron chi connectivity index (χ2n) is 14.2. The predicted molar refractivity (Wildman–Crippen MR) is 192 cm³/mol. The number of fused-ring (bicyclic) bond motifs is 3. The summed E-state index contributed by atoms with van der Waals surface area (Å²) in [6, 6.07) is 30.0. The summed E-state index contributed by atoms with van der Waals surface area (Å²) in [6.45, 7) is 15.7. The normalized spacial score (nSPS) is 16.6. The van der Waals surface area contributed by atoms with Crippen LogP contribution in [0.5, 0.6) is 11.5 Å². The molecule has 6 heteroatoms. The topological polar surface area (TPSA) is 44.9 Å². The summed E-state index contributed by atoms with van der Waals surface area (Å²) in [5, 5.41) is 7.32. The molecule has 0 saturated carbocycles. The third-order valence-corrected chi connectivity index (χ3v) is 9.79. The molecule has 0 bridgehead atoms. The number of para-hydroxylation sites is 1. The summed E-state index contributed by atoms with van der Waals surface area (Å²) in [4.78, 5) is 4.81. The van der Waals surface area contributed by atoms with E-state index in [1.807, 2.05) is 29.1 Å². The van der Waals surface area contributed by atoms with Crippen LogP contribution in [0.4, 0.5) is 0 Å². The Labute approximate surface area is 299 Å². The zero-order valence-corrected chi connectivity index (χ0v) is 31.3. The van der Waals surface area contributed by atoms with E-state index in [1.54, 1.807) is 5.57 Å². The number of ether oxygens (including phenoxy) is 1. The molecule has 0 amide bonds. The van der Waals surface area contributed by atoms with Crippen LogP contribution in [-0.4, -0.2) is 19.3 Å². The van der Waals surface area contributed by atoms with Crippen LogP contribution in [0.15, 0.2) is 84.6 Å². The number of rotatable bonds is 7. The first-order valence-corrected chi connectivity index (χ1v) is 17.0. The Morgan fingerprint density at radius 3 is 2.52 bits per heavy atom. The van der Waals surface area contributed by atoms with Crippen molar-refractivity contribution in [1.29, 1.82) is 0 Å². The van der Waals surface area contributed by atoms with Gasteiger partial charge in [-0.05, 0) is 79.3 Å². The molecule has 0 fully saturated rings. The Bertz CT molecular complexity index is 2130. The number of hydrogen-bond acceptors (Lipinski definition) is 3. The average Bonchev–Trinajstić information content (AvgIpc) is 3.54. The fourth-order valence-electron chi connectivity index (χ4n) is 7.46. The monoisotopic (exact) mass is 815 g/mol. The molecular formula is C42H44N4OPt. The van der Waals surface area contributed by atoms with E-state index in [9.17, 15) is 0 Å². The molecular weight excluding hydrogens is 772 g/mol. The molecule has 248 valence electrons. The van der Waals surface area contributed by atoms with Crippen LogP contribution in [0, 0.1) is 31.9 Å². The van der Waals surface area contributed by atoms with E-state index in [0.29, 0.717) is 23.3 Å². The van der Waals surface area contributed by atoms with Gasteiger partial charge < -0.3 is 9.30 Å². The molecule has 6 aromatic rings. The van der Waals surface area contributed by atoms with Gasteiger partial charge in [0.2, 0.25) is 0 Å². The average molecular weight is 816 g/mol. The minimum Gasteiger partial charge on any atom is -0.509 e. The molecule has 48 heavy (non-hydrogen) atoms. The minimum absolute atomic E-state index is 0. The van der Waals surface area contributed by atoms with E-state index in [2.05, 4.69) is 120 Å². The zero-order chi connectivity index (χ0) is 32.9. The maximum Gasteiger partial charge on any atom is 2.00 e. The number of allylic oxidation sites excluding steroid dienone is 2. The second kappa shape index (κ2) is 13.5. The molecule has 3 aromatic heterocycles. The van der Waals surface area contributed by atoms with E-state index < -0.39 is 0 Å². The van der Waals surface area contributed by atoms with E-state index in [0.717, 1.165) is 51.8 Å². The Kier molecular flexibility index (Phi) is 9.55. The molecule has 7 rings (SSSR count). The Morgan fingerprint density at radius 2 is 1.73 bits per heavy atom. The fraction of sp³-hybridized carbons (Fsp3) is 0.333. The maximum atomic E-state index is 6.48. The number of pyridine rings is 1. The summed E-state index contributed by atoms with van der Waals surface area (Å²) < 4.78 is 10.7. The van der Waals surface area contributed by atoms with Crippen molar-refractivity contribution in [1.82, 2.24) is 19.3 Å². The van der Waals surface area contributed by atoms with Crippen molar-refractivity contribution in [3.63, 3.8) is 0 Å². The number of aryl methyl sites for hydroxylation is 1. The van der Waals surface area contributed by atoms with Crippen molar-refractivity contribution in [3.8, 4) is 23.0 Å². The van der Waals surface area contributed by atoms with Crippen LogP contribution in [0.1, 0.15) is 88.7 Å². The summed E-state index contributed by atoms with van der Waals surface area (Å²) >= 11 is 0. The minimum atomic E-state index is 0. The zero-order valence-electron chi connectivity index (χ0n) is 29.0. The third-order valence-electron chi connectivity index (χ3n) is 9.79. The van der Waals surface area contributed by atoms with Crippen molar-refractivity contribution in [2.75, 3.05) is 0 Å². The van der Waals surface area contributed by atoms with Crippen LogP contribution in [0.2, 0.25) is 0 Å². The molecule has 0 aliphatic heterocycles. The van der Waals surface area contributed by atoms with Crippen LogP contribution in [-0.2, 0) is 26.5 Å². The molecule has 0 N–H and O–H groups in total. The first-order valence-electron chi connectivity index (χ1n) is 17.0. The van der Waals surface area contributed by atoms with Gasteiger partial charge in [0.15, 0.2) is 0 Å². The number of aromatic nitrogens is 4. The Morgan fingerprint density at radius 1 is 0.938 bits per heavy atom.